The van der Waals surface area contributed by atoms with Gasteiger partial charge in [-0.05, 0) is 43.7 Å². The van der Waals surface area contributed by atoms with Crippen LogP contribution in [-0.2, 0) is 13.0 Å². The second-order valence-electron chi connectivity index (χ2n) is 8.41. The zero-order valence-corrected chi connectivity index (χ0v) is 18.9. The number of alkyl halides is 2. The summed E-state index contributed by atoms with van der Waals surface area (Å²) in [4.78, 5) is 8.52. The SMILES string of the molecule is Cc1nn(CC(F)F)c2c1Cc1ncc(F)cc1-c1ccc(F)cc1[C@@H](C)Oc1cc-2cnc1N. The van der Waals surface area contributed by atoms with E-state index in [4.69, 9.17) is 10.5 Å². The molecule has 2 N–H and O–H groups in total. The molecule has 0 fully saturated rings. The number of anilines is 1. The van der Waals surface area contributed by atoms with Crippen molar-refractivity contribution in [3.63, 3.8) is 0 Å². The van der Waals surface area contributed by atoms with Crippen LogP contribution in [-0.4, -0.2) is 26.2 Å². The van der Waals surface area contributed by atoms with Gasteiger partial charge in [0.1, 0.15) is 24.3 Å². The van der Waals surface area contributed by atoms with Gasteiger partial charge in [-0.3, -0.25) is 9.67 Å². The van der Waals surface area contributed by atoms with E-state index >= 15 is 0 Å². The Kier molecular flexibility index (Phi) is 5.66. The number of nitrogens with two attached hydrogens (primary N) is 1. The number of hydrogen-bond acceptors (Lipinski definition) is 5. The summed E-state index contributed by atoms with van der Waals surface area (Å²) in [5.74, 6) is -0.758. The Morgan fingerprint density at radius 3 is 2.66 bits per heavy atom. The first-order valence-corrected chi connectivity index (χ1v) is 10.9. The summed E-state index contributed by atoms with van der Waals surface area (Å²) in [6.45, 7) is 2.79. The molecule has 0 aliphatic carbocycles. The van der Waals surface area contributed by atoms with Crippen molar-refractivity contribution in [3.8, 4) is 28.1 Å². The molecule has 0 amide bonds. The van der Waals surface area contributed by atoms with Crippen LogP contribution in [0.5, 0.6) is 5.75 Å². The Morgan fingerprint density at radius 1 is 1.09 bits per heavy atom. The largest absolute Gasteiger partial charge is 0.482 e. The van der Waals surface area contributed by atoms with E-state index < -0.39 is 30.7 Å². The van der Waals surface area contributed by atoms with Gasteiger partial charge in [0.2, 0.25) is 0 Å². The normalized spacial score (nSPS) is 14.9. The maximum atomic E-state index is 14.4. The van der Waals surface area contributed by atoms with E-state index in [2.05, 4.69) is 15.1 Å². The van der Waals surface area contributed by atoms with Crippen LogP contribution in [0.1, 0.15) is 35.5 Å². The van der Waals surface area contributed by atoms with Gasteiger partial charge in [0.15, 0.2) is 11.6 Å². The van der Waals surface area contributed by atoms with Crippen LogP contribution in [0.25, 0.3) is 22.4 Å². The molecule has 1 atom stereocenters. The molecule has 0 saturated carbocycles. The molecular weight excluding hydrogens is 462 g/mol. The van der Waals surface area contributed by atoms with Gasteiger partial charge in [0.25, 0.3) is 6.43 Å². The number of halogens is 4. The monoisotopic (exact) mass is 483 g/mol. The molecule has 35 heavy (non-hydrogen) atoms. The quantitative estimate of drug-likeness (QED) is 0.382. The van der Waals surface area contributed by atoms with Crippen molar-refractivity contribution in [2.24, 2.45) is 0 Å². The van der Waals surface area contributed by atoms with E-state index in [9.17, 15) is 17.6 Å². The molecule has 0 spiro atoms. The van der Waals surface area contributed by atoms with Crippen molar-refractivity contribution in [2.45, 2.75) is 39.3 Å². The van der Waals surface area contributed by atoms with Crippen LogP contribution >= 0.6 is 0 Å². The fraction of sp³-hybridized carbons (Fsp3) is 0.240. The number of rotatable bonds is 2. The van der Waals surface area contributed by atoms with Crippen LogP contribution in [0.4, 0.5) is 23.4 Å². The third-order valence-electron chi connectivity index (χ3n) is 6.04. The minimum Gasteiger partial charge on any atom is -0.482 e. The number of hydrogen-bond donors (Lipinski definition) is 1. The zero-order valence-electron chi connectivity index (χ0n) is 18.9. The maximum Gasteiger partial charge on any atom is 0.257 e. The van der Waals surface area contributed by atoms with E-state index in [1.807, 2.05) is 0 Å². The van der Waals surface area contributed by atoms with Gasteiger partial charge in [-0.2, -0.15) is 5.10 Å². The fourth-order valence-corrected chi connectivity index (χ4v) is 4.47. The second-order valence-corrected chi connectivity index (χ2v) is 8.41. The topological polar surface area (TPSA) is 78.8 Å². The summed E-state index contributed by atoms with van der Waals surface area (Å²) in [6.07, 6.45) is -0.616. The molecule has 4 heterocycles. The summed E-state index contributed by atoms with van der Waals surface area (Å²) < 4.78 is 62.8. The minimum absolute atomic E-state index is 0.0851. The standard InChI is InChI=1S/C25H21F4N5O/c1-12-18-8-21-20(7-16(27)10-31-21)17-4-3-15(26)6-19(17)13(2)35-22-5-14(9-32-25(22)30)24(18)34(33-12)11-23(28)29/h3-7,9-10,13,23H,8,11H2,1-2H3,(H2,30,32)/t13-/m1/s1. The number of pyridine rings is 2. The van der Waals surface area contributed by atoms with Crippen LogP contribution in [0.3, 0.4) is 0 Å². The molecule has 3 aromatic heterocycles. The summed E-state index contributed by atoms with van der Waals surface area (Å²) in [7, 11) is 0. The third-order valence-corrected chi connectivity index (χ3v) is 6.04. The van der Waals surface area contributed by atoms with Gasteiger partial charge in [0, 0.05) is 34.9 Å². The van der Waals surface area contributed by atoms with Crippen LogP contribution in [0, 0.1) is 18.6 Å². The molecule has 6 nitrogen and oxygen atoms in total. The van der Waals surface area contributed by atoms with Gasteiger partial charge in [-0.15, -0.1) is 0 Å². The highest BCUT2D eigenvalue weighted by molar-refractivity contribution is 5.73. The molecule has 4 aromatic rings. The molecule has 180 valence electrons. The molecule has 1 aliphatic heterocycles. The average Bonchev–Trinajstić information content (AvgIpc) is 3.09. The van der Waals surface area contributed by atoms with Crippen LogP contribution in [0.2, 0.25) is 0 Å². The molecule has 1 aliphatic rings. The van der Waals surface area contributed by atoms with Crippen molar-refractivity contribution in [3.05, 3.63) is 76.9 Å². The average molecular weight is 483 g/mol. The minimum atomic E-state index is -2.64. The number of benzene rings is 1. The first-order chi connectivity index (χ1) is 16.7. The van der Waals surface area contributed by atoms with Gasteiger partial charge in [-0.25, -0.2) is 22.5 Å². The number of ether oxygens (including phenoxy) is 1. The van der Waals surface area contributed by atoms with Gasteiger partial charge in [0.05, 0.1) is 23.3 Å². The van der Waals surface area contributed by atoms with E-state index in [0.717, 1.165) is 6.20 Å². The number of aryl methyl sites for hydroxylation is 1. The van der Waals surface area contributed by atoms with Crippen LogP contribution < -0.4 is 10.5 Å². The third kappa shape index (κ3) is 4.20. The van der Waals surface area contributed by atoms with Crippen molar-refractivity contribution < 1.29 is 22.3 Å². The van der Waals surface area contributed by atoms with Crippen LogP contribution in [0.15, 0.2) is 42.7 Å². The van der Waals surface area contributed by atoms with E-state index in [-0.39, 0.29) is 18.0 Å². The van der Waals surface area contributed by atoms with Gasteiger partial charge < -0.3 is 10.5 Å². The van der Waals surface area contributed by atoms with Crippen molar-refractivity contribution in [2.75, 3.05) is 5.73 Å². The Bertz CT molecular complexity index is 1440. The van der Waals surface area contributed by atoms with Crippen molar-refractivity contribution >= 4 is 5.82 Å². The second kappa shape index (κ2) is 8.68. The lowest BCUT2D eigenvalue weighted by Crippen LogP contribution is -2.12. The first kappa shape index (κ1) is 22.8. The molecule has 1 aromatic carbocycles. The Balaban J connectivity index is 1.83. The van der Waals surface area contributed by atoms with Crippen molar-refractivity contribution in [1.82, 2.24) is 19.7 Å². The smallest absolute Gasteiger partial charge is 0.257 e. The number of aromatic nitrogens is 4. The van der Waals surface area contributed by atoms with Crippen molar-refractivity contribution in [1.29, 1.82) is 0 Å². The predicted octanol–water partition coefficient (Wildman–Crippen LogP) is 5.49. The molecule has 10 heteroatoms. The van der Waals surface area contributed by atoms with E-state index in [1.165, 1.54) is 29.1 Å². The molecule has 0 saturated heterocycles. The zero-order chi connectivity index (χ0) is 24.9. The summed E-state index contributed by atoms with van der Waals surface area (Å²) in [5.41, 5.74) is 10.0. The van der Waals surface area contributed by atoms with Gasteiger partial charge in [-0.1, -0.05) is 6.07 Å². The highest BCUT2D eigenvalue weighted by Crippen LogP contribution is 2.39. The predicted molar refractivity (Wildman–Crippen MR) is 122 cm³/mol. The summed E-state index contributed by atoms with van der Waals surface area (Å²) >= 11 is 0. The molecule has 0 radical (unpaired) electrons. The Labute approximate surface area is 198 Å². The maximum absolute atomic E-state index is 14.4. The Morgan fingerprint density at radius 2 is 1.89 bits per heavy atom. The number of nitrogens with zero attached hydrogens (tertiary/aromatic N) is 4. The molecule has 5 rings (SSSR count). The lowest BCUT2D eigenvalue weighted by Gasteiger charge is -2.22. The summed E-state index contributed by atoms with van der Waals surface area (Å²) in [5, 5.41) is 4.35. The highest BCUT2D eigenvalue weighted by Gasteiger charge is 2.26. The molecular formula is C25H21F4N5O. The lowest BCUT2D eigenvalue weighted by molar-refractivity contribution is 0.122. The van der Waals surface area contributed by atoms with E-state index in [0.29, 0.717) is 44.9 Å². The molecule has 2 bridgehead atoms. The fourth-order valence-electron chi connectivity index (χ4n) is 4.47. The number of fused-ring (bicyclic) bond motifs is 7. The highest BCUT2D eigenvalue weighted by atomic mass is 19.3. The van der Waals surface area contributed by atoms with E-state index in [1.54, 1.807) is 26.0 Å². The summed E-state index contributed by atoms with van der Waals surface area (Å²) in [6, 6.07) is 7.08. The van der Waals surface area contributed by atoms with Gasteiger partial charge >= 0.3 is 0 Å². The molecule has 0 unspecified atom stereocenters. The first-order valence-electron chi connectivity index (χ1n) is 10.9. The lowest BCUT2D eigenvalue weighted by atomic mass is 9.92. The Hall–Kier alpha value is -3.95. The number of nitrogen functional groups attached to an aromatic ring is 1.